The number of anilines is 1. The topological polar surface area (TPSA) is 73.7 Å². The molecule has 0 fully saturated rings. The first-order chi connectivity index (χ1) is 10.5. The van der Waals surface area contributed by atoms with E-state index in [9.17, 15) is 14.7 Å². The van der Waals surface area contributed by atoms with Crippen LogP contribution in [0.2, 0.25) is 0 Å². The smallest absolute Gasteiger partial charge is 0.279 e. The Labute approximate surface area is 129 Å². The number of amides is 1. The zero-order chi connectivity index (χ0) is 15.9. The molecule has 1 amide bonds. The molecule has 2 aromatic rings. The van der Waals surface area contributed by atoms with E-state index in [0.717, 1.165) is 11.4 Å². The van der Waals surface area contributed by atoms with E-state index in [4.69, 9.17) is 0 Å². The van der Waals surface area contributed by atoms with Crippen LogP contribution in [0.5, 0.6) is 0 Å². The van der Waals surface area contributed by atoms with Crippen LogP contribution in [-0.2, 0) is 11.3 Å². The van der Waals surface area contributed by atoms with Gasteiger partial charge >= 0.3 is 0 Å². The Morgan fingerprint density at radius 2 is 1.68 bits per heavy atom. The lowest BCUT2D eigenvalue weighted by molar-refractivity contribution is -0.885. The van der Waals surface area contributed by atoms with Crippen LogP contribution in [0.15, 0.2) is 54.6 Å². The van der Waals surface area contributed by atoms with Crippen molar-refractivity contribution in [3.8, 4) is 0 Å². The van der Waals surface area contributed by atoms with Crippen LogP contribution in [0.4, 0.5) is 5.69 Å². The van der Waals surface area contributed by atoms with Gasteiger partial charge in [-0.25, -0.2) is 0 Å². The Morgan fingerprint density at radius 3 is 2.27 bits per heavy atom. The van der Waals surface area contributed by atoms with Gasteiger partial charge < -0.3 is 20.1 Å². The number of carboxylic acid groups (broad SMARTS) is 1. The average Bonchev–Trinajstić information content (AvgIpc) is 2.48. The summed E-state index contributed by atoms with van der Waals surface area (Å²) in [6.07, 6.45) is 0. The molecule has 5 heteroatoms. The largest absolute Gasteiger partial charge is 0.545 e. The van der Waals surface area contributed by atoms with Crippen LogP contribution in [0.1, 0.15) is 15.9 Å². The van der Waals surface area contributed by atoms with Crippen LogP contribution in [-0.4, -0.2) is 25.5 Å². The summed E-state index contributed by atoms with van der Waals surface area (Å²) in [4.78, 5) is 23.7. The molecule has 22 heavy (non-hydrogen) atoms. The normalized spacial score (nSPS) is 11.7. The Balaban J connectivity index is 1.85. The third kappa shape index (κ3) is 4.71. The van der Waals surface area contributed by atoms with Gasteiger partial charge in [0, 0.05) is 11.3 Å². The fourth-order valence-corrected chi connectivity index (χ4v) is 2.18. The summed E-state index contributed by atoms with van der Waals surface area (Å²) in [7, 11) is 1.95. The quantitative estimate of drug-likeness (QED) is 0.769. The van der Waals surface area contributed by atoms with Crippen LogP contribution >= 0.6 is 0 Å². The molecule has 0 aromatic heterocycles. The molecule has 0 saturated heterocycles. The molecule has 0 aliphatic heterocycles. The zero-order valence-electron chi connectivity index (χ0n) is 12.3. The summed E-state index contributed by atoms with van der Waals surface area (Å²) in [6, 6.07) is 15.9. The first kappa shape index (κ1) is 15.7. The fourth-order valence-electron chi connectivity index (χ4n) is 2.18. The van der Waals surface area contributed by atoms with Gasteiger partial charge in [-0.05, 0) is 17.7 Å². The lowest BCUT2D eigenvalue weighted by Gasteiger charge is -2.14. The molecule has 0 saturated carbocycles. The number of likely N-dealkylation sites (N-methyl/N-ethyl adjacent to an activating group) is 1. The van der Waals surface area contributed by atoms with Crippen molar-refractivity contribution in [1.82, 2.24) is 0 Å². The molecule has 2 rings (SSSR count). The molecule has 2 N–H and O–H groups in total. The molecule has 5 nitrogen and oxygen atoms in total. The molecule has 0 heterocycles. The number of nitrogens with one attached hydrogen (secondary N) is 2. The van der Waals surface area contributed by atoms with Crippen molar-refractivity contribution in [3.63, 3.8) is 0 Å². The monoisotopic (exact) mass is 298 g/mol. The van der Waals surface area contributed by atoms with E-state index >= 15 is 0 Å². The van der Waals surface area contributed by atoms with Gasteiger partial charge in [0.25, 0.3) is 5.91 Å². The summed E-state index contributed by atoms with van der Waals surface area (Å²) in [5.74, 6) is -1.35. The number of hydrogen-bond donors (Lipinski definition) is 2. The maximum Gasteiger partial charge on any atom is 0.279 e. The Morgan fingerprint density at radius 1 is 1.05 bits per heavy atom. The first-order valence-electron chi connectivity index (χ1n) is 7.01. The Kier molecular flexibility index (Phi) is 5.27. The highest BCUT2D eigenvalue weighted by Crippen LogP contribution is 2.08. The van der Waals surface area contributed by atoms with E-state index in [1.807, 2.05) is 37.4 Å². The second kappa shape index (κ2) is 7.38. The average molecular weight is 298 g/mol. The van der Waals surface area contributed by atoms with Crippen LogP contribution in [0.25, 0.3) is 0 Å². The highest BCUT2D eigenvalue weighted by Gasteiger charge is 2.10. The number of carboxylic acids is 1. The molecule has 1 unspecified atom stereocenters. The highest BCUT2D eigenvalue weighted by atomic mass is 16.4. The second-order valence-electron chi connectivity index (χ2n) is 5.21. The van der Waals surface area contributed by atoms with Crippen LogP contribution in [0, 0.1) is 0 Å². The van der Waals surface area contributed by atoms with E-state index in [0.29, 0.717) is 12.2 Å². The van der Waals surface area contributed by atoms with E-state index < -0.39 is 5.97 Å². The lowest BCUT2D eigenvalue weighted by atomic mass is 10.2. The maximum atomic E-state index is 12.0. The van der Waals surface area contributed by atoms with Crippen molar-refractivity contribution >= 4 is 17.6 Å². The molecule has 114 valence electrons. The molecule has 0 aliphatic rings. The number of rotatable bonds is 6. The molecule has 0 aliphatic carbocycles. The minimum atomic E-state index is -1.23. The van der Waals surface area contributed by atoms with E-state index in [-0.39, 0.29) is 11.5 Å². The van der Waals surface area contributed by atoms with E-state index in [1.165, 1.54) is 17.7 Å². The van der Waals surface area contributed by atoms with Crippen molar-refractivity contribution in [3.05, 3.63) is 65.7 Å². The van der Waals surface area contributed by atoms with Crippen LogP contribution in [0.3, 0.4) is 0 Å². The number of hydrogen-bond acceptors (Lipinski definition) is 3. The van der Waals surface area contributed by atoms with Gasteiger partial charge in [-0.3, -0.25) is 4.79 Å². The van der Waals surface area contributed by atoms with Gasteiger partial charge in [-0.1, -0.05) is 42.5 Å². The third-order valence-corrected chi connectivity index (χ3v) is 3.22. The summed E-state index contributed by atoms with van der Waals surface area (Å²) >= 11 is 0. The SMILES string of the molecule is C[NH+](CC(=O)Nc1ccc(C(=O)[O-])cc1)Cc1ccccc1. The van der Waals surface area contributed by atoms with Gasteiger partial charge in [0.15, 0.2) is 6.54 Å². The number of aromatic carboxylic acids is 1. The number of quaternary nitrogens is 1. The van der Waals surface area contributed by atoms with E-state index in [2.05, 4.69) is 5.32 Å². The lowest BCUT2D eigenvalue weighted by Crippen LogP contribution is -3.08. The first-order valence-corrected chi connectivity index (χ1v) is 7.01. The maximum absolute atomic E-state index is 12.0. The zero-order valence-corrected chi connectivity index (χ0v) is 12.3. The number of benzene rings is 2. The van der Waals surface area contributed by atoms with Crippen molar-refractivity contribution in [2.24, 2.45) is 0 Å². The standard InChI is InChI=1S/C17H18N2O3/c1-19(11-13-5-3-2-4-6-13)12-16(20)18-15-9-7-14(8-10-15)17(21)22/h2-10H,11-12H2,1H3,(H,18,20)(H,21,22). The van der Waals surface area contributed by atoms with Gasteiger partial charge in [-0.2, -0.15) is 0 Å². The summed E-state index contributed by atoms with van der Waals surface area (Å²) in [6.45, 7) is 1.09. The van der Waals surface area contributed by atoms with Gasteiger partial charge in [0.2, 0.25) is 0 Å². The summed E-state index contributed by atoms with van der Waals surface area (Å²) in [5, 5.41) is 13.4. The molecule has 2 aromatic carbocycles. The van der Waals surface area contributed by atoms with Gasteiger partial charge in [-0.15, -0.1) is 0 Å². The summed E-state index contributed by atoms with van der Waals surface area (Å²) in [5.41, 5.74) is 1.83. The number of carbonyl (C=O) groups excluding carboxylic acids is 2. The summed E-state index contributed by atoms with van der Waals surface area (Å²) < 4.78 is 0. The highest BCUT2D eigenvalue weighted by molar-refractivity contribution is 5.92. The molecule has 0 bridgehead atoms. The minimum Gasteiger partial charge on any atom is -0.545 e. The van der Waals surface area contributed by atoms with Gasteiger partial charge in [0.1, 0.15) is 6.54 Å². The Bertz CT molecular complexity index is 639. The Hall–Kier alpha value is -2.66. The predicted octanol–water partition coefficient (Wildman–Crippen LogP) is -0.296. The third-order valence-electron chi connectivity index (χ3n) is 3.22. The van der Waals surface area contributed by atoms with Crippen molar-refractivity contribution in [2.45, 2.75) is 6.54 Å². The van der Waals surface area contributed by atoms with Crippen LogP contribution < -0.4 is 15.3 Å². The second-order valence-corrected chi connectivity index (χ2v) is 5.21. The number of carbonyl (C=O) groups is 2. The van der Waals surface area contributed by atoms with Gasteiger partial charge in [0.05, 0.1) is 13.0 Å². The van der Waals surface area contributed by atoms with E-state index in [1.54, 1.807) is 12.1 Å². The van der Waals surface area contributed by atoms with Crippen molar-refractivity contribution in [2.75, 3.05) is 18.9 Å². The molecule has 1 atom stereocenters. The van der Waals surface area contributed by atoms with Crippen molar-refractivity contribution < 1.29 is 19.6 Å². The fraction of sp³-hybridized carbons (Fsp3) is 0.176. The predicted molar refractivity (Wildman–Crippen MR) is 81.3 cm³/mol. The molecular weight excluding hydrogens is 280 g/mol. The van der Waals surface area contributed by atoms with Crippen molar-refractivity contribution in [1.29, 1.82) is 0 Å². The molecular formula is C17H18N2O3. The molecule has 0 radical (unpaired) electrons. The molecule has 0 spiro atoms. The minimum absolute atomic E-state index is 0.0878.